The summed E-state index contributed by atoms with van der Waals surface area (Å²) in [7, 11) is 0. The van der Waals surface area contributed by atoms with Crippen molar-refractivity contribution in [1.82, 2.24) is 24.8 Å². The molecule has 1 aliphatic rings. The minimum atomic E-state index is -0.516. The summed E-state index contributed by atoms with van der Waals surface area (Å²) >= 11 is 0. The van der Waals surface area contributed by atoms with Crippen LogP contribution in [0.15, 0.2) is 53.3 Å². The van der Waals surface area contributed by atoms with Crippen molar-refractivity contribution in [2.75, 3.05) is 18.8 Å². The topological polar surface area (TPSA) is 112 Å². The summed E-state index contributed by atoms with van der Waals surface area (Å²) in [6.45, 7) is 6.92. The Morgan fingerprint density at radius 3 is 2.65 bits per heavy atom. The molecule has 0 atom stereocenters. The lowest BCUT2D eigenvalue weighted by atomic mass is 9.98. The molecule has 0 aliphatic carbocycles. The fourth-order valence-corrected chi connectivity index (χ4v) is 3.93. The molecule has 5 rings (SSSR count). The number of carbonyl (C=O) groups is 1. The van der Waals surface area contributed by atoms with Crippen LogP contribution in [-0.4, -0.2) is 43.9 Å². The molecule has 0 radical (unpaired) electrons. The number of oxazole rings is 1. The highest BCUT2D eigenvalue weighted by Crippen LogP contribution is 2.32. The molecule has 0 spiro atoms. The van der Waals surface area contributed by atoms with Gasteiger partial charge in [-0.3, -0.25) is 4.68 Å². The Bertz CT molecular complexity index is 1290. The maximum absolute atomic E-state index is 12.1. The molecular weight excluding hydrogens is 432 g/mol. The molecule has 0 bridgehead atoms. The molecule has 9 nitrogen and oxygen atoms in total. The van der Waals surface area contributed by atoms with E-state index in [0.717, 1.165) is 29.5 Å². The van der Waals surface area contributed by atoms with E-state index in [1.165, 1.54) is 0 Å². The Hall–Kier alpha value is -3.72. The second kappa shape index (κ2) is 8.57. The zero-order valence-electron chi connectivity index (χ0n) is 19.6. The highest BCUT2D eigenvalue weighted by atomic mass is 16.7. The summed E-state index contributed by atoms with van der Waals surface area (Å²) in [4.78, 5) is 26.6. The standard InChI is InChI=1S/C25H28N6O3/c1-25(2,3)24(32)34-30-10-8-18(9-11-30)31-15-17(14-28-31)16-12-19(22(26)27-13-16)23-29-20-6-4-5-7-21(20)33-23/h4-7,12-15,18H,8-11H2,1-3H3,(H2,26,27). The summed E-state index contributed by atoms with van der Waals surface area (Å²) in [5.41, 5.74) is 9.57. The van der Waals surface area contributed by atoms with Crippen LogP contribution in [0.1, 0.15) is 39.7 Å². The van der Waals surface area contributed by atoms with Crippen LogP contribution in [0.3, 0.4) is 0 Å². The first-order valence-corrected chi connectivity index (χ1v) is 11.4. The summed E-state index contributed by atoms with van der Waals surface area (Å²) < 4.78 is 7.87. The third kappa shape index (κ3) is 4.38. The van der Waals surface area contributed by atoms with E-state index < -0.39 is 5.41 Å². The monoisotopic (exact) mass is 460 g/mol. The number of aromatic nitrogens is 4. The van der Waals surface area contributed by atoms with E-state index in [1.54, 1.807) is 11.3 Å². The zero-order chi connectivity index (χ0) is 23.9. The van der Waals surface area contributed by atoms with E-state index in [1.807, 2.05) is 68.2 Å². The van der Waals surface area contributed by atoms with Crippen LogP contribution in [0, 0.1) is 5.41 Å². The molecule has 176 valence electrons. The molecule has 0 unspecified atom stereocenters. The second-order valence-corrected chi connectivity index (χ2v) is 9.64. The Morgan fingerprint density at radius 1 is 1.15 bits per heavy atom. The van der Waals surface area contributed by atoms with Gasteiger partial charge in [0.1, 0.15) is 11.3 Å². The molecule has 4 heterocycles. The van der Waals surface area contributed by atoms with Crippen LogP contribution in [0.5, 0.6) is 0 Å². The molecule has 1 saturated heterocycles. The number of fused-ring (bicyclic) bond motifs is 1. The molecule has 1 aromatic carbocycles. The number of pyridine rings is 1. The summed E-state index contributed by atoms with van der Waals surface area (Å²) in [5, 5.41) is 6.35. The van der Waals surface area contributed by atoms with Crippen molar-refractivity contribution >= 4 is 22.9 Å². The molecule has 0 amide bonds. The normalized spacial score (nSPS) is 15.6. The summed E-state index contributed by atoms with van der Waals surface area (Å²) in [6, 6.07) is 9.76. The number of hydrogen-bond donors (Lipinski definition) is 1. The Kier molecular flexibility index (Phi) is 5.57. The quantitative estimate of drug-likeness (QED) is 0.474. The lowest BCUT2D eigenvalue weighted by Crippen LogP contribution is -2.39. The van der Waals surface area contributed by atoms with E-state index in [2.05, 4.69) is 15.1 Å². The van der Waals surface area contributed by atoms with Crippen molar-refractivity contribution in [3.8, 4) is 22.6 Å². The van der Waals surface area contributed by atoms with Gasteiger partial charge in [0.2, 0.25) is 5.89 Å². The van der Waals surface area contributed by atoms with E-state index in [4.69, 9.17) is 15.0 Å². The predicted molar refractivity (Wildman–Crippen MR) is 128 cm³/mol. The van der Waals surface area contributed by atoms with Crippen LogP contribution < -0.4 is 5.73 Å². The van der Waals surface area contributed by atoms with Crippen molar-refractivity contribution in [1.29, 1.82) is 0 Å². The van der Waals surface area contributed by atoms with Crippen molar-refractivity contribution < 1.29 is 14.0 Å². The number of para-hydroxylation sites is 2. The molecule has 0 saturated carbocycles. The van der Waals surface area contributed by atoms with E-state index in [-0.39, 0.29) is 12.0 Å². The predicted octanol–water partition coefficient (Wildman–Crippen LogP) is 4.48. The SMILES string of the molecule is CC(C)(C)C(=O)ON1CCC(n2cc(-c3cnc(N)c(-c4nc5ccccc5o4)c3)cn2)CC1. The number of hydrogen-bond acceptors (Lipinski definition) is 8. The third-order valence-corrected chi connectivity index (χ3v) is 6.00. The number of piperidine rings is 1. The lowest BCUT2D eigenvalue weighted by Gasteiger charge is -2.32. The van der Waals surface area contributed by atoms with Crippen molar-refractivity contribution in [3.63, 3.8) is 0 Å². The van der Waals surface area contributed by atoms with Crippen molar-refractivity contribution in [2.45, 2.75) is 39.7 Å². The van der Waals surface area contributed by atoms with Gasteiger partial charge in [-0.05, 0) is 51.8 Å². The number of nitrogens with two attached hydrogens (primary N) is 1. The molecule has 34 heavy (non-hydrogen) atoms. The van der Waals surface area contributed by atoms with Crippen molar-refractivity contribution in [3.05, 3.63) is 48.9 Å². The number of nitrogen functional groups attached to an aromatic ring is 1. The molecule has 1 aliphatic heterocycles. The van der Waals surface area contributed by atoms with Gasteiger partial charge in [-0.2, -0.15) is 5.10 Å². The molecule has 4 aromatic rings. The van der Waals surface area contributed by atoms with Crippen LogP contribution in [-0.2, 0) is 9.63 Å². The Morgan fingerprint density at radius 2 is 1.91 bits per heavy atom. The first-order valence-electron chi connectivity index (χ1n) is 11.4. The van der Waals surface area contributed by atoms with Gasteiger partial charge in [0.25, 0.3) is 0 Å². The summed E-state index contributed by atoms with van der Waals surface area (Å²) in [5.74, 6) is 0.593. The van der Waals surface area contributed by atoms with Crippen LogP contribution >= 0.6 is 0 Å². The smallest absolute Gasteiger partial charge is 0.330 e. The van der Waals surface area contributed by atoms with E-state index in [9.17, 15) is 4.79 Å². The number of anilines is 1. The van der Waals surface area contributed by atoms with Gasteiger partial charge in [0.05, 0.1) is 23.2 Å². The highest BCUT2D eigenvalue weighted by molar-refractivity contribution is 5.80. The van der Waals surface area contributed by atoms with Crippen molar-refractivity contribution in [2.24, 2.45) is 5.41 Å². The minimum Gasteiger partial charge on any atom is -0.436 e. The number of carbonyl (C=O) groups excluding carboxylic acids is 1. The van der Waals surface area contributed by atoms with Gasteiger partial charge in [0, 0.05) is 36.6 Å². The van der Waals surface area contributed by atoms with Gasteiger partial charge in [-0.1, -0.05) is 12.1 Å². The largest absolute Gasteiger partial charge is 0.436 e. The fraction of sp³-hybridized carbons (Fsp3) is 0.360. The Labute approximate surface area is 197 Å². The van der Waals surface area contributed by atoms with Gasteiger partial charge in [0.15, 0.2) is 5.58 Å². The van der Waals surface area contributed by atoms with Crippen LogP contribution in [0.2, 0.25) is 0 Å². The number of rotatable bonds is 4. The zero-order valence-corrected chi connectivity index (χ0v) is 19.6. The Balaban J connectivity index is 1.31. The lowest BCUT2D eigenvalue weighted by molar-refractivity contribution is -0.205. The molecule has 1 fully saturated rings. The number of hydroxylamine groups is 2. The van der Waals surface area contributed by atoms with Crippen LogP contribution in [0.4, 0.5) is 5.82 Å². The van der Waals surface area contributed by atoms with E-state index >= 15 is 0 Å². The minimum absolute atomic E-state index is 0.210. The maximum atomic E-state index is 12.1. The van der Waals surface area contributed by atoms with Crippen LogP contribution in [0.25, 0.3) is 33.7 Å². The highest BCUT2D eigenvalue weighted by Gasteiger charge is 2.29. The fourth-order valence-electron chi connectivity index (χ4n) is 3.93. The summed E-state index contributed by atoms with van der Waals surface area (Å²) in [6.07, 6.45) is 7.26. The number of nitrogens with zero attached hydrogens (tertiary/aromatic N) is 5. The molecule has 9 heteroatoms. The number of benzene rings is 1. The van der Waals surface area contributed by atoms with E-state index in [0.29, 0.717) is 35.9 Å². The average Bonchev–Trinajstić information content (AvgIpc) is 3.47. The first kappa shape index (κ1) is 22.1. The average molecular weight is 461 g/mol. The van der Waals surface area contributed by atoms with Gasteiger partial charge >= 0.3 is 5.97 Å². The first-order chi connectivity index (χ1) is 16.3. The molecular formula is C25H28N6O3. The second-order valence-electron chi connectivity index (χ2n) is 9.64. The maximum Gasteiger partial charge on any atom is 0.330 e. The van der Waals surface area contributed by atoms with Gasteiger partial charge in [-0.25, -0.2) is 14.8 Å². The molecule has 2 N–H and O–H groups in total. The molecule has 3 aromatic heterocycles. The van der Waals surface area contributed by atoms with Gasteiger partial charge in [-0.15, -0.1) is 5.06 Å². The van der Waals surface area contributed by atoms with Gasteiger partial charge < -0.3 is 15.0 Å². The third-order valence-electron chi connectivity index (χ3n) is 6.00.